The van der Waals surface area contributed by atoms with Crippen LogP contribution in [0.15, 0.2) is 24.3 Å². The Morgan fingerprint density at radius 2 is 1.77 bits per heavy atom. The van der Waals surface area contributed by atoms with Gasteiger partial charge in [-0.1, -0.05) is 32.4 Å². The Morgan fingerprint density at radius 3 is 2.33 bits per heavy atom. The second-order valence-corrected chi connectivity index (χ2v) is 7.52. The van der Waals surface area contributed by atoms with Gasteiger partial charge in [0.15, 0.2) is 0 Å². The lowest BCUT2D eigenvalue weighted by Gasteiger charge is -2.35. The van der Waals surface area contributed by atoms with Gasteiger partial charge in [-0.15, -0.1) is 0 Å². The Morgan fingerprint density at radius 1 is 1.10 bits per heavy atom. The molecule has 2 aromatic rings. The number of aliphatic hydroxyl groups is 2. The van der Waals surface area contributed by atoms with E-state index in [0.717, 1.165) is 6.07 Å². The van der Waals surface area contributed by atoms with Gasteiger partial charge in [-0.25, -0.2) is 0 Å². The predicted octanol–water partition coefficient (Wildman–Crippen LogP) is 1.98. The van der Waals surface area contributed by atoms with E-state index >= 15 is 0 Å². The van der Waals surface area contributed by atoms with Crippen molar-refractivity contribution in [3.8, 4) is 11.5 Å². The first-order valence-corrected chi connectivity index (χ1v) is 9.60. The molecule has 0 saturated carbocycles. The molecule has 0 spiro atoms. The fraction of sp³-hybridized carbons (Fsp3) is 0.364. The molecule has 30 heavy (non-hydrogen) atoms. The molecular formula is C22H25NO7. The number of carbonyl (C=O) groups excluding carboxylic acids is 2. The van der Waals surface area contributed by atoms with Crippen LogP contribution in [-0.2, 0) is 9.53 Å². The van der Waals surface area contributed by atoms with Gasteiger partial charge in [0, 0.05) is 16.7 Å². The van der Waals surface area contributed by atoms with Crippen molar-refractivity contribution in [1.29, 1.82) is 0 Å². The molecule has 1 aliphatic carbocycles. The minimum absolute atomic E-state index is 0.0186. The molecule has 8 nitrogen and oxygen atoms in total. The predicted molar refractivity (Wildman–Crippen MR) is 107 cm³/mol. The monoisotopic (exact) mass is 415 g/mol. The summed E-state index contributed by atoms with van der Waals surface area (Å²) in [6.45, 7) is 3.65. The van der Waals surface area contributed by atoms with Crippen molar-refractivity contribution in [3.05, 3.63) is 57.6 Å². The molecule has 0 bridgehead atoms. The zero-order valence-corrected chi connectivity index (χ0v) is 16.9. The van der Waals surface area contributed by atoms with Gasteiger partial charge in [0.2, 0.25) is 5.91 Å². The number of primary amides is 1. The van der Waals surface area contributed by atoms with Gasteiger partial charge in [0.1, 0.15) is 23.7 Å². The van der Waals surface area contributed by atoms with Crippen molar-refractivity contribution in [2.24, 2.45) is 11.7 Å². The molecule has 1 amide bonds. The van der Waals surface area contributed by atoms with Crippen LogP contribution in [0.25, 0.3) is 0 Å². The maximum Gasteiger partial charge on any atom is 0.313 e. The Bertz CT molecular complexity index is 1020. The van der Waals surface area contributed by atoms with Gasteiger partial charge < -0.3 is 30.9 Å². The molecule has 2 aromatic carbocycles. The number of phenolic OH excluding ortho intramolecular Hbond substituents is 2. The molecule has 4 unspecified atom stereocenters. The zero-order chi connectivity index (χ0) is 22.3. The smallest absolute Gasteiger partial charge is 0.313 e. The second-order valence-electron chi connectivity index (χ2n) is 7.52. The van der Waals surface area contributed by atoms with E-state index in [1.165, 1.54) is 25.3 Å². The van der Waals surface area contributed by atoms with Gasteiger partial charge in [0.25, 0.3) is 0 Å². The highest BCUT2D eigenvalue weighted by atomic mass is 16.5. The van der Waals surface area contributed by atoms with Gasteiger partial charge in [-0.3, -0.25) is 9.59 Å². The number of hydrogen-bond donors (Lipinski definition) is 5. The number of aliphatic hydroxyl groups excluding tert-OH is 2. The summed E-state index contributed by atoms with van der Waals surface area (Å²) < 4.78 is 4.96. The van der Waals surface area contributed by atoms with E-state index in [4.69, 9.17) is 10.5 Å². The lowest BCUT2D eigenvalue weighted by atomic mass is 9.72. The van der Waals surface area contributed by atoms with Crippen molar-refractivity contribution >= 4 is 11.9 Å². The highest BCUT2D eigenvalue weighted by molar-refractivity contribution is 5.98. The van der Waals surface area contributed by atoms with Crippen molar-refractivity contribution in [1.82, 2.24) is 0 Å². The van der Waals surface area contributed by atoms with Crippen LogP contribution in [0.4, 0.5) is 0 Å². The Labute approximate surface area is 173 Å². The van der Waals surface area contributed by atoms with Gasteiger partial charge in [-0.2, -0.15) is 0 Å². The maximum atomic E-state index is 12.7. The van der Waals surface area contributed by atoms with Gasteiger partial charge in [0.05, 0.1) is 13.0 Å². The first-order chi connectivity index (χ1) is 14.1. The molecule has 160 valence electrons. The van der Waals surface area contributed by atoms with Gasteiger partial charge >= 0.3 is 5.97 Å². The average molecular weight is 415 g/mol. The van der Waals surface area contributed by atoms with Gasteiger partial charge in [-0.05, 0) is 34.7 Å². The van der Waals surface area contributed by atoms with Crippen molar-refractivity contribution in [2.75, 3.05) is 7.11 Å². The maximum absolute atomic E-state index is 12.7. The standard InChI is InChI=1S/C22H25NO7/c1-4-9(2)14(22(29)30-3)16-11(21(23)28)8-13(25)17-18(16)19(26)10-6-5-7-12(24)15(10)20(17)27/h5-9,14,19-20,24-27H,4H2,1-3H3,(H2,23,28). The SMILES string of the molecule is CCC(C)C(C(=O)OC)c1c(C(N)=O)cc(O)c2c1C(O)c1cccc(O)c1C2O. The average Bonchev–Trinajstić information content (AvgIpc) is 2.71. The van der Waals surface area contributed by atoms with Crippen LogP contribution >= 0.6 is 0 Å². The van der Waals surface area contributed by atoms with Crippen LogP contribution in [0.3, 0.4) is 0 Å². The van der Waals surface area contributed by atoms with Crippen LogP contribution < -0.4 is 5.73 Å². The largest absolute Gasteiger partial charge is 0.508 e. The van der Waals surface area contributed by atoms with Crippen molar-refractivity contribution in [2.45, 2.75) is 38.4 Å². The van der Waals surface area contributed by atoms with E-state index < -0.39 is 35.8 Å². The molecule has 4 atom stereocenters. The topological polar surface area (TPSA) is 150 Å². The third-order valence-electron chi connectivity index (χ3n) is 5.90. The van der Waals surface area contributed by atoms with E-state index in [2.05, 4.69) is 0 Å². The molecular weight excluding hydrogens is 390 g/mol. The normalized spacial score (nSPS) is 19.4. The number of rotatable bonds is 5. The number of methoxy groups -OCH3 is 1. The van der Waals surface area contributed by atoms with Crippen LogP contribution in [-0.4, -0.2) is 39.4 Å². The third-order valence-corrected chi connectivity index (χ3v) is 5.90. The number of carbonyl (C=O) groups is 2. The molecule has 0 aliphatic heterocycles. The van der Waals surface area contributed by atoms with Crippen LogP contribution in [0.1, 0.15) is 76.6 Å². The first-order valence-electron chi connectivity index (χ1n) is 9.60. The number of amides is 1. The Kier molecular flexibility index (Phi) is 5.74. The third kappa shape index (κ3) is 3.18. The summed E-state index contributed by atoms with van der Waals surface area (Å²) in [6.07, 6.45) is -2.37. The minimum Gasteiger partial charge on any atom is -0.508 e. The number of benzene rings is 2. The highest BCUT2D eigenvalue weighted by Crippen LogP contribution is 2.51. The number of aromatic hydroxyl groups is 2. The molecule has 0 saturated heterocycles. The number of fused-ring (bicyclic) bond motifs is 2. The van der Waals surface area contributed by atoms with E-state index in [-0.39, 0.29) is 45.0 Å². The number of nitrogens with two attached hydrogens (primary N) is 1. The van der Waals surface area contributed by atoms with E-state index in [1.807, 2.05) is 6.92 Å². The molecule has 0 fully saturated rings. The number of esters is 1. The summed E-state index contributed by atoms with van der Waals surface area (Å²) in [4.78, 5) is 25.0. The molecule has 0 radical (unpaired) electrons. The lowest BCUT2D eigenvalue weighted by Crippen LogP contribution is -2.30. The molecule has 3 rings (SSSR count). The molecule has 6 N–H and O–H groups in total. The number of hydrogen-bond acceptors (Lipinski definition) is 7. The molecule has 8 heteroatoms. The number of phenols is 2. The molecule has 0 heterocycles. The van der Waals surface area contributed by atoms with Crippen LogP contribution in [0.5, 0.6) is 11.5 Å². The van der Waals surface area contributed by atoms with E-state index in [9.17, 15) is 30.0 Å². The van der Waals surface area contributed by atoms with Crippen LogP contribution in [0.2, 0.25) is 0 Å². The van der Waals surface area contributed by atoms with Crippen LogP contribution in [0, 0.1) is 5.92 Å². The summed E-state index contributed by atoms with van der Waals surface area (Å²) in [5.74, 6) is -3.55. The summed E-state index contributed by atoms with van der Waals surface area (Å²) in [5, 5.41) is 43.0. The lowest BCUT2D eigenvalue weighted by molar-refractivity contribution is -0.143. The summed E-state index contributed by atoms with van der Waals surface area (Å²) in [5.41, 5.74) is 5.69. The van der Waals surface area contributed by atoms with Crippen molar-refractivity contribution < 1.29 is 34.8 Å². The fourth-order valence-corrected chi connectivity index (χ4v) is 4.25. The van der Waals surface area contributed by atoms with Crippen molar-refractivity contribution in [3.63, 3.8) is 0 Å². The second kappa shape index (κ2) is 7.97. The van der Waals surface area contributed by atoms with E-state index in [0.29, 0.717) is 6.42 Å². The number of ether oxygens (including phenoxy) is 1. The summed E-state index contributed by atoms with van der Waals surface area (Å²) in [7, 11) is 1.22. The zero-order valence-electron chi connectivity index (χ0n) is 16.9. The minimum atomic E-state index is -1.49. The summed E-state index contributed by atoms with van der Waals surface area (Å²) >= 11 is 0. The quantitative estimate of drug-likeness (QED) is 0.469. The molecule has 0 aromatic heterocycles. The fourth-order valence-electron chi connectivity index (χ4n) is 4.25. The summed E-state index contributed by atoms with van der Waals surface area (Å²) in [6, 6.07) is 5.45. The molecule has 1 aliphatic rings. The Hall–Kier alpha value is -3.10. The highest BCUT2D eigenvalue weighted by Gasteiger charge is 2.42. The first kappa shape index (κ1) is 21.6. The Balaban J connectivity index is 2.44. The van der Waals surface area contributed by atoms with E-state index in [1.54, 1.807) is 6.92 Å².